The monoisotopic (exact) mass is 265 g/mol. The molecule has 0 aromatic carbocycles. The maximum absolute atomic E-state index is 0. The van der Waals surface area contributed by atoms with Gasteiger partial charge in [0.1, 0.15) is 0 Å². The second-order valence-electron chi connectivity index (χ2n) is 0. The summed E-state index contributed by atoms with van der Waals surface area (Å²) in [6.45, 7) is 0. The fraction of sp³-hybridized carbons (Fsp3) is 0. The Morgan fingerprint density at radius 2 is 1.00 bits per heavy atom. The van der Waals surface area contributed by atoms with Crippen molar-refractivity contribution in [3.05, 3.63) is 0 Å². The van der Waals surface area contributed by atoms with Gasteiger partial charge in [-0.2, -0.15) is 0 Å². The van der Waals surface area contributed by atoms with E-state index in [0.717, 1.165) is 0 Å². The first kappa shape index (κ1) is 47.0. The molecule has 0 saturated heterocycles. The maximum atomic E-state index is 0. The van der Waals surface area contributed by atoms with Crippen molar-refractivity contribution in [1.29, 1.82) is 0 Å². The Kier molecular flexibility index (Phi) is 279. The van der Waals surface area contributed by atoms with Crippen LogP contribution in [0.5, 0.6) is 0 Å². The molecule has 0 aromatic rings. The molecule has 0 amide bonds. The molecule has 0 rings (SSSR count). The average Bonchev–Trinajstić information content (AvgIpc) is 0. The van der Waals surface area contributed by atoms with Gasteiger partial charge in [-0.15, -0.1) is 0 Å². The molecule has 0 saturated carbocycles. The van der Waals surface area contributed by atoms with Crippen molar-refractivity contribution >= 4 is 17.4 Å². The Labute approximate surface area is 87.2 Å². The molecular formula is H3AlCrCuFeZn. The molecule has 5 heavy (non-hydrogen) atoms. The molecule has 0 N–H and O–H groups in total. The summed E-state index contributed by atoms with van der Waals surface area (Å²) in [5, 5.41) is 0. The first-order chi connectivity index (χ1) is 0. The topological polar surface area (TPSA) is 0 Å². The molecule has 5 heteroatoms. The summed E-state index contributed by atoms with van der Waals surface area (Å²) in [7, 11) is 0. The molecular weight excluding hydrogens is 264 g/mol. The summed E-state index contributed by atoms with van der Waals surface area (Å²) in [4.78, 5) is 0. The van der Waals surface area contributed by atoms with E-state index in [1.807, 2.05) is 0 Å². The Hall–Kier alpha value is 2.73. The van der Waals surface area contributed by atoms with Crippen LogP contribution >= 0.6 is 0 Å². The Morgan fingerprint density at radius 3 is 1.00 bits per heavy atom. The van der Waals surface area contributed by atoms with Crippen LogP contribution in [0.1, 0.15) is 0 Å². The van der Waals surface area contributed by atoms with Crippen molar-refractivity contribution in [2.24, 2.45) is 0 Å². The van der Waals surface area contributed by atoms with Gasteiger partial charge >= 0.3 is 0 Å². The van der Waals surface area contributed by atoms with E-state index in [1.54, 1.807) is 0 Å². The van der Waals surface area contributed by atoms with Gasteiger partial charge in [-0.25, -0.2) is 0 Å². The van der Waals surface area contributed by atoms with Gasteiger partial charge in [-0.3, -0.25) is 0 Å². The standard InChI is InChI=1S/Al.Cr.Cu.Fe.Zn.3H. The largest absolute Gasteiger partial charge is 0.187 e. The van der Waals surface area contributed by atoms with Gasteiger partial charge in [0.2, 0.25) is 0 Å². The second kappa shape index (κ2) is 29.7. The number of hydrogen-bond acceptors (Lipinski definition) is 0. The van der Waals surface area contributed by atoms with Crippen LogP contribution in [0.25, 0.3) is 0 Å². The zero-order valence-corrected chi connectivity index (χ0v) is 8.06. The van der Waals surface area contributed by atoms with Gasteiger partial charge in [0.05, 0.1) is 0 Å². The van der Waals surface area contributed by atoms with Crippen LogP contribution in [0.2, 0.25) is 0 Å². The summed E-state index contributed by atoms with van der Waals surface area (Å²) >= 11 is 0. The molecule has 0 fully saturated rings. The van der Waals surface area contributed by atoms with Gasteiger partial charge < -0.3 is 0 Å². The van der Waals surface area contributed by atoms with E-state index >= 15 is 0 Å². The van der Waals surface area contributed by atoms with Crippen molar-refractivity contribution in [3.63, 3.8) is 0 Å². The van der Waals surface area contributed by atoms with E-state index in [-0.39, 0.29) is 88.3 Å². The minimum atomic E-state index is 0. The smallest absolute Gasteiger partial charge is 0 e. The van der Waals surface area contributed by atoms with Gasteiger partial charge in [0, 0.05) is 71.0 Å². The molecule has 0 unspecified atom stereocenters. The molecule has 0 atom stereocenters. The zero-order valence-electron chi connectivity index (χ0n) is 1.77. The van der Waals surface area contributed by atoms with Crippen LogP contribution in [0.4, 0.5) is 0 Å². The van der Waals surface area contributed by atoms with E-state index < -0.39 is 0 Å². The Bertz CT molecular complexity index is 11.6. The summed E-state index contributed by atoms with van der Waals surface area (Å²) in [6.07, 6.45) is 0. The van der Waals surface area contributed by atoms with Crippen molar-refractivity contribution in [2.45, 2.75) is 0 Å². The number of rotatable bonds is 0. The third kappa shape index (κ3) is 20.2. The minimum absolute atomic E-state index is 0. The van der Waals surface area contributed by atoms with E-state index in [2.05, 4.69) is 0 Å². The van der Waals surface area contributed by atoms with Crippen molar-refractivity contribution in [3.8, 4) is 0 Å². The normalized spacial score (nSPS) is 0. The molecule has 0 nitrogen and oxygen atoms in total. The first-order valence-corrected chi connectivity index (χ1v) is 0. The first-order valence-electron chi connectivity index (χ1n) is 0. The fourth-order valence-corrected chi connectivity index (χ4v) is 0. The minimum Gasteiger partial charge on any atom is 0 e. The third-order valence-corrected chi connectivity index (χ3v) is 0. The summed E-state index contributed by atoms with van der Waals surface area (Å²) in [5.74, 6) is 0. The molecule has 0 aliphatic carbocycles. The maximum Gasteiger partial charge on any atom is 0.187 e. The van der Waals surface area contributed by atoms with Crippen LogP contribution in [-0.2, 0) is 71.0 Å². The number of hydrogen-bond donors (Lipinski definition) is 0. The van der Waals surface area contributed by atoms with Crippen LogP contribution < -0.4 is 0 Å². The van der Waals surface area contributed by atoms with Crippen molar-refractivity contribution in [2.75, 3.05) is 0 Å². The van der Waals surface area contributed by atoms with Crippen LogP contribution in [0, 0.1) is 0 Å². The molecule has 0 aromatic heterocycles. The van der Waals surface area contributed by atoms with E-state index in [4.69, 9.17) is 0 Å². The van der Waals surface area contributed by atoms with Gasteiger partial charge in [-0.05, 0) is 0 Å². The Balaban J connectivity index is 0. The van der Waals surface area contributed by atoms with Crippen LogP contribution in [-0.4, -0.2) is 17.4 Å². The SMILES string of the molecule is [AlH3].[Cr].[Cu].[Fe].[Zn]. The summed E-state index contributed by atoms with van der Waals surface area (Å²) in [5.41, 5.74) is 0. The average molecular weight is 267 g/mol. The molecule has 0 bridgehead atoms. The molecule has 0 aliphatic heterocycles. The van der Waals surface area contributed by atoms with Gasteiger partial charge in [0.15, 0.2) is 17.4 Å². The van der Waals surface area contributed by atoms with Crippen molar-refractivity contribution in [1.82, 2.24) is 0 Å². The molecule has 1 radical (unpaired) electrons. The van der Waals surface area contributed by atoms with E-state index in [1.165, 1.54) is 0 Å². The van der Waals surface area contributed by atoms with Gasteiger partial charge in [0.25, 0.3) is 0 Å². The van der Waals surface area contributed by atoms with Crippen molar-refractivity contribution < 1.29 is 71.0 Å². The molecule has 0 aliphatic rings. The van der Waals surface area contributed by atoms with Crippen LogP contribution in [0.15, 0.2) is 0 Å². The third-order valence-electron chi connectivity index (χ3n) is 0. The molecule has 0 heterocycles. The molecule has 33 valence electrons. The summed E-state index contributed by atoms with van der Waals surface area (Å²) < 4.78 is 0. The second-order valence-corrected chi connectivity index (χ2v) is 0. The van der Waals surface area contributed by atoms with Gasteiger partial charge in [-0.1, -0.05) is 0 Å². The Morgan fingerprint density at radius 1 is 1.00 bits per heavy atom. The predicted octanol–water partition coefficient (Wildman–Crippen LogP) is -1.19. The zero-order chi connectivity index (χ0) is 0. The summed E-state index contributed by atoms with van der Waals surface area (Å²) in [6, 6.07) is 0. The van der Waals surface area contributed by atoms with E-state index in [0.29, 0.717) is 0 Å². The molecule has 0 spiro atoms. The van der Waals surface area contributed by atoms with Crippen LogP contribution in [0.3, 0.4) is 0 Å². The predicted molar refractivity (Wildman–Crippen MR) is 9.94 cm³/mol. The quantitative estimate of drug-likeness (QED) is 0.484. The van der Waals surface area contributed by atoms with E-state index in [9.17, 15) is 0 Å². The fourth-order valence-electron chi connectivity index (χ4n) is 0.